The number of anilines is 5. The molecule has 352 valence electrons. The summed E-state index contributed by atoms with van der Waals surface area (Å²) < 4.78 is 28.2. The summed E-state index contributed by atoms with van der Waals surface area (Å²) in [7, 11) is 0. The van der Waals surface area contributed by atoms with Crippen LogP contribution in [0.4, 0.5) is 42.7 Å². The average Bonchev–Trinajstić information content (AvgIpc) is 3.98. The van der Waals surface area contributed by atoms with Crippen molar-refractivity contribution in [2.24, 2.45) is 5.73 Å². The minimum Gasteiger partial charge on any atom is -0.446 e. The Balaban J connectivity index is 0.949. The zero-order valence-electron chi connectivity index (χ0n) is 37.5. The first-order valence-corrected chi connectivity index (χ1v) is 22.8. The fourth-order valence-electron chi connectivity index (χ4n) is 9.14. The van der Waals surface area contributed by atoms with Crippen molar-refractivity contribution in [3.05, 3.63) is 114 Å². The van der Waals surface area contributed by atoms with Gasteiger partial charge in [-0.05, 0) is 105 Å². The third kappa shape index (κ3) is 10.7. The van der Waals surface area contributed by atoms with Crippen molar-refractivity contribution < 1.29 is 33.0 Å². The molecule has 1 saturated carbocycles. The predicted octanol–water partition coefficient (Wildman–Crippen LogP) is 8.27. The van der Waals surface area contributed by atoms with Gasteiger partial charge in [0.25, 0.3) is 11.8 Å². The van der Waals surface area contributed by atoms with Gasteiger partial charge in [0.2, 0.25) is 0 Å². The summed E-state index contributed by atoms with van der Waals surface area (Å²) in [6.45, 7) is 1.14. The molecule has 2 aliphatic heterocycles. The molecule has 5 N–H and O–H groups in total. The van der Waals surface area contributed by atoms with Crippen LogP contribution in [0.5, 0.6) is 0 Å². The van der Waals surface area contributed by atoms with E-state index in [4.69, 9.17) is 25.4 Å². The third-order valence-corrected chi connectivity index (χ3v) is 13.1. The first kappa shape index (κ1) is 46.6. The van der Waals surface area contributed by atoms with Crippen molar-refractivity contribution in [3.8, 4) is 12.1 Å². The predicted molar refractivity (Wildman–Crippen MR) is 248 cm³/mol. The summed E-state index contributed by atoms with van der Waals surface area (Å²) >= 11 is 0. The van der Waals surface area contributed by atoms with E-state index in [1.807, 2.05) is 30.3 Å². The number of carbonyl (C=O) groups is 4. The largest absolute Gasteiger partial charge is 0.446 e. The van der Waals surface area contributed by atoms with Crippen molar-refractivity contribution in [2.45, 2.75) is 94.4 Å². The summed E-state index contributed by atoms with van der Waals surface area (Å²) in [6, 6.07) is 26.4. The van der Waals surface area contributed by atoms with E-state index in [1.165, 1.54) is 12.1 Å². The SMILES string of the molecule is N#CCC1(n2cc(C(N)=O)c(Nc3ccc(NC(=O)c4cn(C5(CC#N)CCN(C(=O)OCc6cccc(F)c6)CC5)nc4Nc4ccccc4)cc3)n2)CCN(C(=O)OC2CCCCC2)CC1. The second-order valence-corrected chi connectivity index (χ2v) is 17.6. The van der Waals surface area contributed by atoms with Gasteiger partial charge < -0.3 is 41.0 Å². The second-order valence-electron chi connectivity index (χ2n) is 17.6. The number of nitrogens with two attached hydrogens (primary N) is 1. The zero-order chi connectivity index (χ0) is 47.7. The van der Waals surface area contributed by atoms with E-state index in [0.29, 0.717) is 61.4 Å². The second kappa shape index (κ2) is 20.7. The first-order valence-electron chi connectivity index (χ1n) is 22.8. The van der Waals surface area contributed by atoms with Gasteiger partial charge in [0.1, 0.15) is 29.7 Å². The van der Waals surface area contributed by atoms with Gasteiger partial charge in [-0.15, -0.1) is 0 Å². The molecule has 2 aromatic heterocycles. The van der Waals surface area contributed by atoms with E-state index in [-0.39, 0.29) is 67.5 Å². The van der Waals surface area contributed by atoms with E-state index in [2.05, 4.69) is 28.1 Å². The molecule has 4 heterocycles. The first-order chi connectivity index (χ1) is 33.0. The van der Waals surface area contributed by atoms with Gasteiger partial charge in [-0.25, -0.2) is 14.0 Å². The molecule has 8 rings (SSSR count). The number of nitrogens with one attached hydrogen (secondary N) is 3. The van der Waals surface area contributed by atoms with Gasteiger partial charge in [0.15, 0.2) is 11.6 Å². The molecule has 0 atom stereocenters. The maximum Gasteiger partial charge on any atom is 0.410 e. The lowest BCUT2D eigenvalue weighted by molar-refractivity contribution is 0.0277. The molecular formula is C49H53FN12O6. The number of para-hydroxylation sites is 1. The highest BCUT2D eigenvalue weighted by atomic mass is 19.1. The Labute approximate surface area is 392 Å². The Morgan fingerprint density at radius 2 is 1.25 bits per heavy atom. The van der Waals surface area contributed by atoms with Gasteiger partial charge in [0, 0.05) is 55.6 Å². The van der Waals surface area contributed by atoms with Crippen LogP contribution in [-0.4, -0.2) is 85.6 Å². The minimum atomic E-state index is -0.850. The van der Waals surface area contributed by atoms with Gasteiger partial charge in [-0.3, -0.25) is 19.0 Å². The van der Waals surface area contributed by atoms with Crippen molar-refractivity contribution in [3.63, 3.8) is 0 Å². The van der Waals surface area contributed by atoms with E-state index in [0.717, 1.165) is 32.1 Å². The lowest BCUT2D eigenvalue weighted by Crippen LogP contribution is -2.49. The highest BCUT2D eigenvalue weighted by molar-refractivity contribution is 6.08. The number of aromatic nitrogens is 4. The van der Waals surface area contributed by atoms with Crippen LogP contribution < -0.4 is 21.7 Å². The lowest BCUT2D eigenvalue weighted by atomic mass is 9.85. The molecule has 68 heavy (non-hydrogen) atoms. The Kier molecular flexibility index (Phi) is 14.2. The normalized spacial score (nSPS) is 16.7. The van der Waals surface area contributed by atoms with Gasteiger partial charge in [-0.2, -0.15) is 20.7 Å². The highest BCUT2D eigenvalue weighted by Gasteiger charge is 2.42. The number of amides is 4. The van der Waals surface area contributed by atoms with Crippen molar-refractivity contribution in [1.29, 1.82) is 10.5 Å². The van der Waals surface area contributed by atoms with Crippen LogP contribution in [-0.2, 0) is 27.2 Å². The fourth-order valence-corrected chi connectivity index (χ4v) is 9.14. The van der Waals surface area contributed by atoms with E-state index < -0.39 is 34.8 Å². The van der Waals surface area contributed by atoms with Crippen LogP contribution in [0.15, 0.2) is 91.3 Å². The zero-order valence-corrected chi connectivity index (χ0v) is 37.5. The topological polar surface area (TPSA) is 239 Å². The highest BCUT2D eigenvalue weighted by Crippen LogP contribution is 2.38. The smallest absolute Gasteiger partial charge is 0.410 e. The van der Waals surface area contributed by atoms with E-state index in [1.54, 1.807) is 68.0 Å². The van der Waals surface area contributed by atoms with Crippen LogP contribution in [0.3, 0.4) is 0 Å². The molecule has 0 unspecified atom stereocenters. The summed E-state index contributed by atoms with van der Waals surface area (Å²) in [5.41, 5.74) is 6.70. The van der Waals surface area contributed by atoms with Gasteiger partial charge in [0.05, 0.1) is 36.1 Å². The maximum absolute atomic E-state index is 14.1. The number of nitriles is 2. The Bertz CT molecular complexity index is 2690. The summed E-state index contributed by atoms with van der Waals surface area (Å²) in [4.78, 5) is 56.1. The third-order valence-electron chi connectivity index (χ3n) is 13.1. The van der Waals surface area contributed by atoms with Crippen LogP contribution in [0, 0.1) is 28.5 Å². The molecule has 0 radical (unpaired) electrons. The molecule has 0 spiro atoms. The lowest BCUT2D eigenvalue weighted by Gasteiger charge is -2.40. The molecule has 5 aromatic rings. The Hall–Kier alpha value is -7.93. The Morgan fingerprint density at radius 3 is 1.82 bits per heavy atom. The molecule has 2 saturated heterocycles. The fraction of sp³-hybridized carbons (Fsp3) is 0.388. The van der Waals surface area contributed by atoms with Crippen LogP contribution in [0.25, 0.3) is 0 Å². The van der Waals surface area contributed by atoms with Crippen molar-refractivity contribution in [1.82, 2.24) is 29.4 Å². The quantitative estimate of drug-likeness (QED) is 0.0823. The van der Waals surface area contributed by atoms with Crippen LogP contribution in [0.2, 0.25) is 0 Å². The summed E-state index contributed by atoms with van der Waals surface area (Å²) in [5.74, 6) is -1.17. The molecule has 4 amide bonds. The van der Waals surface area contributed by atoms with Crippen LogP contribution >= 0.6 is 0 Å². The van der Waals surface area contributed by atoms with E-state index >= 15 is 0 Å². The number of ether oxygens (including phenoxy) is 2. The van der Waals surface area contributed by atoms with Crippen molar-refractivity contribution in [2.75, 3.05) is 42.1 Å². The molecule has 3 aromatic carbocycles. The number of nitrogens with zero attached hydrogens (tertiary/aromatic N) is 8. The number of halogens is 1. The summed E-state index contributed by atoms with van der Waals surface area (Å²) in [5, 5.41) is 38.8. The average molecular weight is 925 g/mol. The number of carbonyl (C=O) groups excluding carboxylic acids is 4. The van der Waals surface area contributed by atoms with Crippen LogP contribution in [0.1, 0.15) is 96.9 Å². The molecule has 19 heteroatoms. The number of benzene rings is 3. The van der Waals surface area contributed by atoms with Crippen molar-refractivity contribution >= 4 is 52.7 Å². The molecule has 0 bridgehead atoms. The number of primary amides is 1. The maximum atomic E-state index is 14.1. The van der Waals surface area contributed by atoms with Gasteiger partial charge in [-0.1, -0.05) is 36.8 Å². The molecule has 1 aliphatic carbocycles. The Morgan fingerprint density at radius 1 is 0.706 bits per heavy atom. The number of rotatable bonds is 14. The molecular weight excluding hydrogens is 872 g/mol. The molecule has 18 nitrogen and oxygen atoms in total. The number of piperidine rings is 2. The minimum absolute atomic E-state index is 0.0611. The molecule has 3 fully saturated rings. The van der Waals surface area contributed by atoms with Gasteiger partial charge >= 0.3 is 12.2 Å². The van der Waals surface area contributed by atoms with E-state index in [9.17, 15) is 34.1 Å². The number of hydrogen-bond donors (Lipinski definition) is 4. The number of likely N-dealkylation sites (tertiary alicyclic amines) is 2. The molecule has 3 aliphatic rings. The number of hydrogen-bond acceptors (Lipinski definition) is 12. The monoisotopic (exact) mass is 924 g/mol. The standard InChI is InChI=1S/C49H53FN12O6/c50-35-9-7-8-34(30-35)33-67-46(65)59-26-20-49(19-25-52,21-27-59)62-32-41(44(58-62)54-36-10-3-1-4-11-36)45(64)56-38-16-14-37(15-17-38)55-43-40(42(53)63)31-61(57-43)48(18-24-51)22-28-60(29-23-48)47(66)68-39-12-5-2-6-13-39/h1,3-4,7-11,14-17,30-32,39H,2,5-6,12-13,18-23,26-29,33H2,(H2,53,63)(H,54,58)(H,55,57)(H,56,64). The summed E-state index contributed by atoms with van der Waals surface area (Å²) in [6.07, 6.45) is 8.87.